The van der Waals surface area contributed by atoms with E-state index in [2.05, 4.69) is 9.97 Å². The summed E-state index contributed by atoms with van der Waals surface area (Å²) in [4.78, 5) is 6.35. The van der Waals surface area contributed by atoms with Gasteiger partial charge in [-0.3, -0.25) is 0 Å². The SMILES string of the molecule is O=S(=O)(Nc1nccc(Cl)n1)c1cc(F)ccc1F. The molecule has 0 aliphatic heterocycles. The van der Waals surface area contributed by atoms with Gasteiger partial charge in [-0.1, -0.05) is 11.6 Å². The van der Waals surface area contributed by atoms with Gasteiger partial charge in [0, 0.05) is 6.20 Å². The number of rotatable bonds is 3. The lowest BCUT2D eigenvalue weighted by atomic mass is 10.3. The van der Waals surface area contributed by atoms with Crippen LogP contribution in [0, 0.1) is 11.6 Å². The minimum Gasteiger partial charge on any atom is -0.247 e. The molecule has 0 fully saturated rings. The van der Waals surface area contributed by atoms with Crippen molar-refractivity contribution in [1.82, 2.24) is 9.97 Å². The van der Waals surface area contributed by atoms with E-state index in [0.717, 1.165) is 6.07 Å². The minimum atomic E-state index is -4.33. The fraction of sp³-hybridized carbons (Fsp3) is 0. The molecular formula is C10H6ClF2N3O2S. The van der Waals surface area contributed by atoms with Crippen LogP contribution < -0.4 is 4.72 Å². The van der Waals surface area contributed by atoms with Crippen LogP contribution in [0.1, 0.15) is 0 Å². The standard InChI is InChI=1S/C10H6ClF2N3O2S/c11-9-3-4-14-10(15-9)16-19(17,18)8-5-6(12)1-2-7(8)13/h1-5H,(H,14,15,16). The Bertz CT molecular complexity index is 724. The molecular weight excluding hydrogens is 300 g/mol. The molecule has 0 radical (unpaired) electrons. The molecule has 0 bridgehead atoms. The highest BCUT2D eigenvalue weighted by molar-refractivity contribution is 7.92. The van der Waals surface area contributed by atoms with Crippen LogP contribution in [0.4, 0.5) is 14.7 Å². The fourth-order valence-corrected chi connectivity index (χ4v) is 2.42. The average Bonchev–Trinajstić information content (AvgIpc) is 2.31. The molecule has 19 heavy (non-hydrogen) atoms. The number of sulfonamides is 1. The number of hydrogen-bond acceptors (Lipinski definition) is 4. The van der Waals surface area contributed by atoms with E-state index < -0.39 is 26.6 Å². The summed E-state index contributed by atoms with van der Waals surface area (Å²) in [6.45, 7) is 0. The average molecular weight is 306 g/mol. The molecule has 9 heteroatoms. The minimum absolute atomic E-state index is 0.00686. The summed E-state index contributed by atoms with van der Waals surface area (Å²) in [5, 5.41) is 0.00686. The molecule has 0 amide bonds. The largest absolute Gasteiger partial charge is 0.267 e. The van der Waals surface area contributed by atoms with Crippen LogP contribution in [-0.4, -0.2) is 18.4 Å². The highest BCUT2D eigenvalue weighted by atomic mass is 35.5. The quantitative estimate of drug-likeness (QED) is 0.883. The summed E-state index contributed by atoms with van der Waals surface area (Å²) in [5.41, 5.74) is 0. The molecule has 0 atom stereocenters. The third-order valence-corrected chi connectivity index (χ3v) is 3.58. The van der Waals surface area contributed by atoms with Crippen molar-refractivity contribution in [3.8, 4) is 0 Å². The van der Waals surface area contributed by atoms with E-state index >= 15 is 0 Å². The number of hydrogen-bond donors (Lipinski definition) is 1. The first-order valence-electron chi connectivity index (χ1n) is 4.85. The summed E-state index contributed by atoms with van der Waals surface area (Å²) in [5.74, 6) is -2.30. The van der Waals surface area contributed by atoms with Gasteiger partial charge in [0.2, 0.25) is 5.95 Å². The number of nitrogens with zero attached hydrogens (tertiary/aromatic N) is 2. The van der Waals surface area contributed by atoms with Gasteiger partial charge in [0.05, 0.1) is 0 Å². The number of aromatic nitrogens is 2. The molecule has 0 saturated carbocycles. The summed E-state index contributed by atoms with van der Waals surface area (Å²) in [7, 11) is -4.33. The first-order valence-corrected chi connectivity index (χ1v) is 6.71. The van der Waals surface area contributed by atoms with Crippen molar-refractivity contribution in [2.24, 2.45) is 0 Å². The van der Waals surface area contributed by atoms with Crippen LogP contribution in [0.25, 0.3) is 0 Å². The maximum atomic E-state index is 13.4. The highest BCUT2D eigenvalue weighted by Gasteiger charge is 2.21. The van der Waals surface area contributed by atoms with Gasteiger partial charge in [0.15, 0.2) is 0 Å². The second-order valence-electron chi connectivity index (χ2n) is 3.38. The van der Waals surface area contributed by atoms with E-state index in [1.54, 1.807) is 0 Å². The number of anilines is 1. The molecule has 5 nitrogen and oxygen atoms in total. The van der Waals surface area contributed by atoms with Crippen LogP contribution >= 0.6 is 11.6 Å². The molecule has 1 heterocycles. The van der Waals surface area contributed by atoms with Crippen molar-refractivity contribution in [3.05, 3.63) is 47.2 Å². The van der Waals surface area contributed by atoms with E-state index in [1.165, 1.54) is 12.3 Å². The second-order valence-corrected chi connectivity index (χ2v) is 5.42. The topological polar surface area (TPSA) is 72.0 Å². The zero-order valence-electron chi connectivity index (χ0n) is 9.14. The van der Waals surface area contributed by atoms with Gasteiger partial charge in [-0.25, -0.2) is 31.9 Å². The van der Waals surface area contributed by atoms with E-state index in [-0.39, 0.29) is 11.1 Å². The predicted molar refractivity (Wildman–Crippen MR) is 64.2 cm³/mol. The van der Waals surface area contributed by atoms with Crippen LogP contribution in [0.5, 0.6) is 0 Å². The van der Waals surface area contributed by atoms with Crippen molar-refractivity contribution in [2.45, 2.75) is 4.90 Å². The molecule has 0 spiro atoms. The summed E-state index contributed by atoms with van der Waals surface area (Å²) < 4.78 is 52.0. The summed E-state index contributed by atoms with van der Waals surface area (Å²) in [6.07, 6.45) is 1.22. The molecule has 0 unspecified atom stereocenters. The third-order valence-electron chi connectivity index (χ3n) is 2.03. The van der Waals surface area contributed by atoms with Crippen LogP contribution in [-0.2, 0) is 10.0 Å². The normalized spacial score (nSPS) is 11.3. The van der Waals surface area contributed by atoms with Gasteiger partial charge in [0.25, 0.3) is 10.0 Å². The lowest BCUT2D eigenvalue weighted by molar-refractivity contribution is 0.555. The van der Waals surface area contributed by atoms with Gasteiger partial charge in [0.1, 0.15) is 21.7 Å². The van der Waals surface area contributed by atoms with E-state index in [9.17, 15) is 17.2 Å². The third kappa shape index (κ3) is 3.15. The van der Waals surface area contributed by atoms with Crippen molar-refractivity contribution in [3.63, 3.8) is 0 Å². The molecule has 2 aromatic rings. The smallest absolute Gasteiger partial charge is 0.247 e. The van der Waals surface area contributed by atoms with Crippen molar-refractivity contribution < 1.29 is 17.2 Å². The Morgan fingerprint density at radius 2 is 1.95 bits per heavy atom. The lowest BCUT2D eigenvalue weighted by Gasteiger charge is -2.07. The van der Waals surface area contributed by atoms with Gasteiger partial charge in [-0.15, -0.1) is 0 Å². The Balaban J connectivity index is 2.40. The number of benzene rings is 1. The molecule has 1 N–H and O–H groups in total. The van der Waals surface area contributed by atoms with Crippen LogP contribution in [0.3, 0.4) is 0 Å². The van der Waals surface area contributed by atoms with Crippen LogP contribution in [0.15, 0.2) is 35.4 Å². The summed E-state index contributed by atoms with van der Waals surface area (Å²) >= 11 is 5.56. The van der Waals surface area contributed by atoms with E-state index in [1.807, 2.05) is 4.72 Å². The molecule has 2 rings (SSSR count). The molecule has 0 aliphatic carbocycles. The monoisotopic (exact) mass is 305 g/mol. The Morgan fingerprint density at radius 1 is 1.21 bits per heavy atom. The maximum Gasteiger partial charge on any atom is 0.267 e. The van der Waals surface area contributed by atoms with Gasteiger partial charge < -0.3 is 0 Å². The van der Waals surface area contributed by atoms with Crippen molar-refractivity contribution >= 4 is 27.6 Å². The zero-order valence-corrected chi connectivity index (χ0v) is 10.7. The van der Waals surface area contributed by atoms with E-state index in [4.69, 9.17) is 11.6 Å². The fourth-order valence-electron chi connectivity index (χ4n) is 1.24. The second kappa shape index (κ2) is 5.06. The van der Waals surface area contributed by atoms with Crippen LogP contribution in [0.2, 0.25) is 5.15 Å². The Labute approximate surface area is 112 Å². The first-order chi connectivity index (χ1) is 8.88. The van der Waals surface area contributed by atoms with Gasteiger partial charge in [-0.2, -0.15) is 0 Å². The Morgan fingerprint density at radius 3 is 2.63 bits per heavy atom. The van der Waals surface area contributed by atoms with Gasteiger partial charge >= 0.3 is 0 Å². The number of nitrogens with one attached hydrogen (secondary N) is 1. The molecule has 1 aromatic carbocycles. The molecule has 0 aliphatic rings. The Kier molecular flexibility index (Phi) is 3.63. The Hall–Kier alpha value is -1.80. The molecule has 0 saturated heterocycles. The number of halogens is 3. The molecule has 1 aromatic heterocycles. The zero-order chi connectivity index (χ0) is 14.0. The summed E-state index contributed by atoms with van der Waals surface area (Å²) in [6, 6.07) is 3.41. The maximum absolute atomic E-state index is 13.4. The highest BCUT2D eigenvalue weighted by Crippen LogP contribution is 2.18. The predicted octanol–water partition coefficient (Wildman–Crippen LogP) is 2.21. The van der Waals surface area contributed by atoms with Crippen molar-refractivity contribution in [1.29, 1.82) is 0 Å². The van der Waals surface area contributed by atoms with E-state index in [0.29, 0.717) is 12.1 Å². The molecule has 100 valence electrons. The van der Waals surface area contributed by atoms with Gasteiger partial charge in [-0.05, 0) is 24.3 Å². The van der Waals surface area contributed by atoms with Crippen molar-refractivity contribution in [2.75, 3.05) is 4.72 Å². The lowest BCUT2D eigenvalue weighted by Crippen LogP contribution is -2.16. The first kappa shape index (κ1) is 13.6.